The molecule has 0 spiro atoms. The second-order valence-corrected chi connectivity index (χ2v) is 5.39. The molecule has 3 nitrogen and oxygen atoms in total. The number of halogens is 2. The van der Waals surface area contributed by atoms with Crippen molar-refractivity contribution in [1.82, 2.24) is 9.78 Å². The second-order valence-electron chi connectivity index (χ2n) is 4.98. The van der Waals surface area contributed by atoms with Crippen LogP contribution in [-0.2, 0) is 6.42 Å². The van der Waals surface area contributed by atoms with Crippen molar-refractivity contribution in [1.29, 1.82) is 0 Å². The first kappa shape index (κ1) is 15.7. The molecule has 0 unspecified atom stereocenters. The molecular formula is C16H18ClFN2O. The number of carbonyl (C=O) groups is 1. The lowest BCUT2D eigenvalue weighted by Crippen LogP contribution is -2.10. The van der Waals surface area contributed by atoms with E-state index < -0.39 is 5.82 Å². The largest absolute Gasteiger partial charge is 0.294 e. The third-order valence-corrected chi connectivity index (χ3v) is 3.87. The predicted molar refractivity (Wildman–Crippen MR) is 81.3 cm³/mol. The van der Waals surface area contributed by atoms with Crippen LogP contribution >= 0.6 is 11.6 Å². The normalized spacial score (nSPS) is 11.1. The topological polar surface area (TPSA) is 34.9 Å². The zero-order valence-electron chi connectivity index (χ0n) is 12.1. The maximum Gasteiger partial charge on any atom is 0.170 e. The van der Waals surface area contributed by atoms with Gasteiger partial charge in [0.25, 0.3) is 0 Å². The molecule has 2 rings (SSSR count). The average molecular weight is 309 g/mol. The minimum absolute atomic E-state index is 0.138. The van der Waals surface area contributed by atoms with E-state index in [1.807, 2.05) is 16.9 Å². The van der Waals surface area contributed by atoms with Crippen molar-refractivity contribution in [3.8, 4) is 0 Å². The molecule has 0 saturated heterocycles. The van der Waals surface area contributed by atoms with E-state index in [2.05, 4.69) is 18.9 Å². The van der Waals surface area contributed by atoms with Crippen LogP contribution in [-0.4, -0.2) is 15.6 Å². The summed E-state index contributed by atoms with van der Waals surface area (Å²) in [5.41, 5.74) is 1.03. The molecule has 1 aromatic carbocycles. The molecule has 1 heterocycles. The predicted octanol–water partition coefficient (Wildman–Crippen LogP) is 4.46. The van der Waals surface area contributed by atoms with Gasteiger partial charge in [0.05, 0.1) is 23.2 Å². The highest BCUT2D eigenvalue weighted by molar-refractivity contribution is 6.34. The lowest BCUT2D eigenvalue weighted by molar-refractivity contribution is 0.0991. The Balaban J connectivity index is 2.13. The molecule has 0 aliphatic heterocycles. The number of Topliss-reactive ketones (excluding diaryl/α,β-unsaturated/α-hetero) is 1. The number of ketones is 1. The second kappa shape index (κ2) is 6.85. The van der Waals surface area contributed by atoms with Crippen LogP contribution in [0.4, 0.5) is 4.39 Å². The number of aromatic nitrogens is 2. The average Bonchev–Trinajstić information content (AvgIpc) is 2.88. The summed E-state index contributed by atoms with van der Waals surface area (Å²) in [6, 6.07) is 5.99. The van der Waals surface area contributed by atoms with Gasteiger partial charge in [-0.05, 0) is 37.1 Å². The molecule has 0 saturated carbocycles. The number of hydrogen-bond donors (Lipinski definition) is 0. The van der Waals surface area contributed by atoms with Crippen molar-refractivity contribution in [2.75, 3.05) is 0 Å². The van der Waals surface area contributed by atoms with Gasteiger partial charge in [-0.3, -0.25) is 9.48 Å². The van der Waals surface area contributed by atoms with Crippen LogP contribution in [0.15, 0.2) is 30.5 Å². The van der Waals surface area contributed by atoms with Gasteiger partial charge in [-0.15, -0.1) is 0 Å². The Morgan fingerprint density at radius 2 is 2.05 bits per heavy atom. The number of rotatable bonds is 6. The zero-order chi connectivity index (χ0) is 15.4. The third-order valence-electron chi connectivity index (χ3n) is 3.55. The Hall–Kier alpha value is -1.68. The summed E-state index contributed by atoms with van der Waals surface area (Å²) in [5, 5.41) is 4.58. The number of benzene rings is 1. The highest BCUT2D eigenvalue weighted by Crippen LogP contribution is 2.20. The van der Waals surface area contributed by atoms with E-state index in [0.717, 1.165) is 18.9 Å². The molecule has 0 aliphatic carbocycles. The minimum atomic E-state index is -0.449. The fraction of sp³-hybridized carbons (Fsp3) is 0.375. The standard InChI is InChI=1S/C16H18ClFN2O/c1-3-13(4-2)20-8-7-12(19-20)10-16(21)14-6-5-11(18)9-15(14)17/h5-9,13H,3-4,10H2,1-2H3. The summed E-state index contributed by atoms with van der Waals surface area (Å²) in [4.78, 5) is 12.2. The Kier molecular flexibility index (Phi) is 5.12. The van der Waals surface area contributed by atoms with Crippen LogP contribution in [0.25, 0.3) is 0 Å². The SMILES string of the molecule is CCC(CC)n1ccc(CC(=O)c2ccc(F)cc2Cl)n1. The van der Waals surface area contributed by atoms with Gasteiger partial charge < -0.3 is 0 Å². The summed E-state index contributed by atoms with van der Waals surface area (Å²) in [6.07, 6.45) is 4.05. The maximum absolute atomic E-state index is 13.0. The van der Waals surface area contributed by atoms with Crippen molar-refractivity contribution in [3.63, 3.8) is 0 Å². The van der Waals surface area contributed by atoms with Gasteiger partial charge in [-0.2, -0.15) is 5.10 Å². The number of carbonyl (C=O) groups excluding carboxylic acids is 1. The van der Waals surface area contributed by atoms with E-state index in [9.17, 15) is 9.18 Å². The zero-order valence-corrected chi connectivity index (χ0v) is 12.9. The fourth-order valence-electron chi connectivity index (χ4n) is 2.31. The van der Waals surface area contributed by atoms with E-state index in [-0.39, 0.29) is 17.2 Å². The highest BCUT2D eigenvalue weighted by Gasteiger charge is 2.14. The Bertz CT molecular complexity index is 635. The number of nitrogens with zero attached hydrogens (tertiary/aromatic N) is 2. The molecule has 112 valence electrons. The van der Waals surface area contributed by atoms with Crippen molar-refractivity contribution in [2.24, 2.45) is 0 Å². The summed E-state index contributed by atoms with van der Waals surface area (Å²) in [7, 11) is 0. The van der Waals surface area contributed by atoms with Gasteiger partial charge in [-0.1, -0.05) is 25.4 Å². The Morgan fingerprint density at radius 3 is 2.67 bits per heavy atom. The molecule has 0 bridgehead atoms. The van der Waals surface area contributed by atoms with E-state index in [4.69, 9.17) is 11.6 Å². The van der Waals surface area contributed by atoms with E-state index in [0.29, 0.717) is 17.3 Å². The van der Waals surface area contributed by atoms with Crippen LogP contribution in [0.5, 0.6) is 0 Å². The summed E-state index contributed by atoms with van der Waals surface area (Å²) < 4.78 is 14.9. The first-order valence-electron chi connectivity index (χ1n) is 7.07. The van der Waals surface area contributed by atoms with Gasteiger partial charge >= 0.3 is 0 Å². The van der Waals surface area contributed by atoms with Crippen LogP contribution in [0.1, 0.15) is 48.8 Å². The third kappa shape index (κ3) is 3.70. The smallest absolute Gasteiger partial charge is 0.170 e. The Labute approximate surface area is 128 Å². The van der Waals surface area contributed by atoms with Gasteiger partial charge in [-0.25, -0.2) is 4.39 Å². The van der Waals surface area contributed by atoms with Crippen molar-refractivity contribution in [3.05, 3.63) is 52.6 Å². The molecule has 0 aliphatic rings. The monoisotopic (exact) mass is 308 g/mol. The summed E-state index contributed by atoms with van der Waals surface area (Å²) in [5.74, 6) is -0.607. The molecule has 0 atom stereocenters. The van der Waals surface area contributed by atoms with Gasteiger partial charge in [0, 0.05) is 11.8 Å². The molecule has 21 heavy (non-hydrogen) atoms. The van der Waals surface area contributed by atoms with Crippen LogP contribution in [0.3, 0.4) is 0 Å². The molecule has 2 aromatic rings. The van der Waals surface area contributed by atoms with Crippen molar-refractivity contribution < 1.29 is 9.18 Å². The van der Waals surface area contributed by atoms with Crippen molar-refractivity contribution >= 4 is 17.4 Å². The molecule has 0 fully saturated rings. The Morgan fingerprint density at radius 1 is 1.33 bits per heavy atom. The van der Waals surface area contributed by atoms with E-state index in [1.54, 1.807) is 0 Å². The minimum Gasteiger partial charge on any atom is -0.294 e. The maximum atomic E-state index is 13.0. The van der Waals surface area contributed by atoms with E-state index >= 15 is 0 Å². The lowest BCUT2D eigenvalue weighted by Gasteiger charge is -2.12. The molecule has 5 heteroatoms. The molecule has 0 radical (unpaired) electrons. The number of hydrogen-bond acceptors (Lipinski definition) is 2. The summed E-state index contributed by atoms with van der Waals surface area (Å²) in [6.45, 7) is 4.22. The highest BCUT2D eigenvalue weighted by atomic mass is 35.5. The molecule has 0 amide bonds. The molecule has 1 aromatic heterocycles. The summed E-state index contributed by atoms with van der Waals surface area (Å²) >= 11 is 5.90. The van der Waals surface area contributed by atoms with E-state index in [1.165, 1.54) is 12.1 Å². The van der Waals surface area contributed by atoms with Gasteiger partial charge in [0.2, 0.25) is 0 Å². The first-order chi connectivity index (χ1) is 10.0. The van der Waals surface area contributed by atoms with Crippen LogP contribution in [0, 0.1) is 5.82 Å². The fourth-order valence-corrected chi connectivity index (χ4v) is 2.59. The molecular weight excluding hydrogens is 291 g/mol. The lowest BCUT2D eigenvalue weighted by atomic mass is 10.1. The first-order valence-corrected chi connectivity index (χ1v) is 7.45. The van der Waals surface area contributed by atoms with Crippen molar-refractivity contribution in [2.45, 2.75) is 39.2 Å². The van der Waals surface area contributed by atoms with Gasteiger partial charge in [0.1, 0.15) is 5.82 Å². The van der Waals surface area contributed by atoms with Gasteiger partial charge in [0.15, 0.2) is 5.78 Å². The van der Waals surface area contributed by atoms with Crippen LogP contribution in [0.2, 0.25) is 5.02 Å². The molecule has 0 N–H and O–H groups in total. The van der Waals surface area contributed by atoms with Crippen LogP contribution < -0.4 is 0 Å². The quantitative estimate of drug-likeness (QED) is 0.738.